The lowest BCUT2D eigenvalue weighted by Crippen LogP contribution is -2.46. The zero-order chi connectivity index (χ0) is 20.1. The molecule has 2 unspecified atom stereocenters. The highest BCUT2D eigenvalue weighted by Gasteiger charge is 2.34. The first-order valence-corrected chi connectivity index (χ1v) is 10.6. The summed E-state index contributed by atoms with van der Waals surface area (Å²) in [7, 11) is -1.50. The molecule has 2 rings (SSSR count). The lowest BCUT2D eigenvalue weighted by atomic mass is 10.2. The van der Waals surface area contributed by atoms with Crippen molar-refractivity contribution >= 4 is 21.7 Å². The van der Waals surface area contributed by atoms with E-state index in [9.17, 15) is 26.4 Å². The number of carbonyl (C=O) groups is 1. The number of halogens is 3. The van der Waals surface area contributed by atoms with Crippen LogP contribution < -0.4 is 16.0 Å². The highest BCUT2D eigenvalue weighted by atomic mass is 32.2. The molecule has 0 radical (unpaired) electrons. The van der Waals surface area contributed by atoms with Gasteiger partial charge in [-0.25, -0.2) is 8.42 Å². The van der Waals surface area contributed by atoms with Gasteiger partial charge >= 0.3 is 6.18 Å². The average molecular weight is 413 g/mol. The average Bonchev–Trinajstić information content (AvgIpc) is 3.10. The predicted octanol–water partition coefficient (Wildman–Crippen LogP) is -0.519. The van der Waals surface area contributed by atoms with Gasteiger partial charge in [-0.05, 0) is 12.8 Å². The minimum Gasteiger partial charge on any atom is -0.356 e. The summed E-state index contributed by atoms with van der Waals surface area (Å²) in [5, 5.41) is 8.70. The van der Waals surface area contributed by atoms with Gasteiger partial charge in [0.05, 0.1) is 18.1 Å². The molecule has 156 valence electrons. The summed E-state index contributed by atoms with van der Waals surface area (Å²) in [4.78, 5) is 17.2. The number of carbonyl (C=O) groups excluding carboxylic acids is 1. The van der Waals surface area contributed by atoms with Crippen LogP contribution in [-0.2, 0) is 14.6 Å². The van der Waals surface area contributed by atoms with Gasteiger partial charge in [-0.1, -0.05) is 0 Å². The van der Waals surface area contributed by atoms with Crippen molar-refractivity contribution in [1.29, 1.82) is 0 Å². The lowest BCUT2D eigenvalue weighted by Gasteiger charge is -2.20. The van der Waals surface area contributed by atoms with Gasteiger partial charge in [0.2, 0.25) is 5.91 Å². The van der Waals surface area contributed by atoms with Gasteiger partial charge in [-0.3, -0.25) is 14.7 Å². The molecular weight excluding hydrogens is 387 g/mol. The SMILES string of the molecule is CN=C(NCCC(=O)NC1CCS(=O)(=O)C1)NC1CCN(CC(F)(F)F)C1. The molecule has 2 saturated heterocycles. The fourth-order valence-electron chi connectivity index (χ4n) is 3.24. The smallest absolute Gasteiger partial charge is 0.356 e. The summed E-state index contributed by atoms with van der Waals surface area (Å²) in [6, 6.07) is -0.478. The van der Waals surface area contributed by atoms with Gasteiger partial charge in [-0.15, -0.1) is 0 Å². The number of hydrogen-bond donors (Lipinski definition) is 3. The molecule has 0 saturated carbocycles. The molecular formula is C15H26F3N5O3S. The molecule has 0 aliphatic carbocycles. The second kappa shape index (κ2) is 9.09. The minimum absolute atomic E-state index is 0.0223. The number of hydrogen-bond acceptors (Lipinski definition) is 5. The molecule has 1 amide bonds. The largest absolute Gasteiger partial charge is 0.401 e. The van der Waals surface area contributed by atoms with Crippen LogP contribution in [0.1, 0.15) is 19.3 Å². The van der Waals surface area contributed by atoms with E-state index >= 15 is 0 Å². The quantitative estimate of drug-likeness (QED) is 0.400. The minimum atomic E-state index is -4.21. The number of nitrogens with one attached hydrogen (secondary N) is 3. The number of rotatable bonds is 6. The van der Waals surface area contributed by atoms with Gasteiger partial charge in [0.15, 0.2) is 15.8 Å². The fraction of sp³-hybridized carbons (Fsp3) is 0.867. The van der Waals surface area contributed by atoms with Crippen molar-refractivity contribution in [3.63, 3.8) is 0 Å². The molecule has 0 aromatic heterocycles. The standard InChI is InChI=1S/C15H26F3N5O3S/c1-19-14(22-11-3-6-23(8-11)10-15(16,17)18)20-5-2-13(24)21-12-4-7-27(25,26)9-12/h11-12H,2-10H2,1H3,(H,21,24)(H2,19,20,22). The monoisotopic (exact) mass is 413 g/mol. The summed E-state index contributed by atoms with van der Waals surface area (Å²) in [5.41, 5.74) is 0. The van der Waals surface area contributed by atoms with E-state index < -0.39 is 22.6 Å². The van der Waals surface area contributed by atoms with E-state index in [0.29, 0.717) is 25.3 Å². The van der Waals surface area contributed by atoms with Crippen molar-refractivity contribution < 1.29 is 26.4 Å². The van der Waals surface area contributed by atoms with Crippen LogP contribution in [0.2, 0.25) is 0 Å². The van der Waals surface area contributed by atoms with Crippen LogP contribution in [0.5, 0.6) is 0 Å². The van der Waals surface area contributed by atoms with Crippen molar-refractivity contribution in [3.05, 3.63) is 0 Å². The Morgan fingerprint density at radius 3 is 2.56 bits per heavy atom. The third-order valence-electron chi connectivity index (χ3n) is 4.48. The van der Waals surface area contributed by atoms with E-state index in [1.165, 1.54) is 4.90 Å². The molecule has 8 nitrogen and oxygen atoms in total. The van der Waals surface area contributed by atoms with Crippen LogP contribution in [-0.4, -0.2) is 88.2 Å². The lowest BCUT2D eigenvalue weighted by molar-refractivity contribution is -0.143. The van der Waals surface area contributed by atoms with E-state index in [1.54, 1.807) is 7.05 Å². The van der Waals surface area contributed by atoms with Crippen molar-refractivity contribution in [2.75, 3.05) is 44.7 Å². The summed E-state index contributed by atoms with van der Waals surface area (Å²) in [6.07, 6.45) is -3.06. The number of alkyl halides is 3. The third kappa shape index (κ3) is 7.91. The Kier molecular flexibility index (Phi) is 7.32. The maximum atomic E-state index is 12.4. The molecule has 2 atom stereocenters. The molecule has 27 heavy (non-hydrogen) atoms. The zero-order valence-electron chi connectivity index (χ0n) is 15.2. The van der Waals surface area contributed by atoms with E-state index in [1.807, 2.05) is 0 Å². The Balaban J connectivity index is 1.65. The Morgan fingerprint density at radius 1 is 1.22 bits per heavy atom. The van der Waals surface area contributed by atoms with Crippen LogP contribution in [0.3, 0.4) is 0 Å². The number of sulfone groups is 1. The second-order valence-corrected chi connectivity index (χ2v) is 9.13. The first kappa shape index (κ1) is 21.7. The predicted molar refractivity (Wildman–Crippen MR) is 95.2 cm³/mol. The number of guanidine groups is 1. The van der Waals surface area contributed by atoms with Crippen LogP contribution in [0.15, 0.2) is 4.99 Å². The van der Waals surface area contributed by atoms with Crippen molar-refractivity contribution in [2.24, 2.45) is 4.99 Å². The van der Waals surface area contributed by atoms with Gasteiger partial charge < -0.3 is 16.0 Å². The molecule has 2 heterocycles. The first-order valence-electron chi connectivity index (χ1n) is 8.82. The van der Waals surface area contributed by atoms with Crippen LogP contribution >= 0.6 is 0 Å². The number of likely N-dealkylation sites (tertiary alicyclic amines) is 1. The van der Waals surface area contributed by atoms with E-state index in [2.05, 4.69) is 20.9 Å². The molecule has 0 bridgehead atoms. The van der Waals surface area contributed by atoms with Crippen LogP contribution in [0.25, 0.3) is 0 Å². The molecule has 0 aromatic carbocycles. The Morgan fingerprint density at radius 2 is 1.96 bits per heavy atom. The Hall–Kier alpha value is -1.56. The zero-order valence-corrected chi connectivity index (χ0v) is 16.0. The molecule has 3 N–H and O–H groups in total. The number of nitrogens with zero attached hydrogens (tertiary/aromatic N) is 2. The van der Waals surface area contributed by atoms with Gasteiger partial charge in [0.25, 0.3) is 0 Å². The molecule has 12 heteroatoms. The maximum Gasteiger partial charge on any atom is 0.401 e. The summed E-state index contributed by atoms with van der Waals surface area (Å²) in [6.45, 7) is -0.00402. The normalized spacial score (nSPS) is 26.1. The molecule has 2 aliphatic heterocycles. The van der Waals surface area contributed by atoms with Crippen LogP contribution in [0, 0.1) is 0 Å². The summed E-state index contributed by atoms with van der Waals surface area (Å²) < 4.78 is 60.0. The first-order chi connectivity index (χ1) is 12.6. The topological polar surface area (TPSA) is 103 Å². The van der Waals surface area contributed by atoms with Gasteiger partial charge in [0, 0.05) is 45.2 Å². The maximum absolute atomic E-state index is 12.4. The van der Waals surface area contributed by atoms with Crippen molar-refractivity contribution in [3.8, 4) is 0 Å². The molecule has 0 spiro atoms. The van der Waals surface area contributed by atoms with Crippen LogP contribution in [0.4, 0.5) is 13.2 Å². The Bertz CT molecular complexity index is 654. The Labute approximate surface area is 156 Å². The van der Waals surface area contributed by atoms with Crippen molar-refractivity contribution in [1.82, 2.24) is 20.9 Å². The van der Waals surface area contributed by atoms with Gasteiger partial charge in [0.1, 0.15) is 0 Å². The highest BCUT2D eigenvalue weighted by molar-refractivity contribution is 7.91. The third-order valence-corrected chi connectivity index (χ3v) is 6.25. The fourth-order valence-corrected chi connectivity index (χ4v) is 4.91. The van der Waals surface area contributed by atoms with E-state index in [4.69, 9.17) is 0 Å². The second-order valence-electron chi connectivity index (χ2n) is 6.90. The number of amides is 1. The molecule has 2 aliphatic rings. The van der Waals surface area contributed by atoms with E-state index in [0.717, 1.165) is 0 Å². The summed E-state index contributed by atoms with van der Waals surface area (Å²) in [5.74, 6) is 0.243. The molecule has 0 aromatic rings. The number of aliphatic imine (C=N–C) groups is 1. The van der Waals surface area contributed by atoms with Crippen molar-refractivity contribution in [2.45, 2.75) is 37.5 Å². The van der Waals surface area contributed by atoms with E-state index in [-0.39, 0.29) is 49.0 Å². The highest BCUT2D eigenvalue weighted by Crippen LogP contribution is 2.19. The summed E-state index contributed by atoms with van der Waals surface area (Å²) >= 11 is 0. The van der Waals surface area contributed by atoms with Gasteiger partial charge in [-0.2, -0.15) is 13.2 Å². The molecule has 2 fully saturated rings.